The number of anilines is 2. The molecule has 32 heavy (non-hydrogen) atoms. The lowest BCUT2D eigenvalue weighted by atomic mass is 9.91. The number of likely N-dealkylation sites (tertiary alicyclic amines) is 1. The van der Waals surface area contributed by atoms with Crippen LogP contribution in [0.3, 0.4) is 0 Å². The van der Waals surface area contributed by atoms with Gasteiger partial charge in [-0.25, -0.2) is 0 Å². The molecule has 2 aromatic carbocycles. The average Bonchev–Trinajstić information content (AvgIpc) is 2.73. The Kier molecular flexibility index (Phi) is 7.46. The van der Waals surface area contributed by atoms with E-state index in [1.807, 2.05) is 36.1 Å². The minimum atomic E-state index is -0.274. The van der Waals surface area contributed by atoms with Crippen LogP contribution in [0.2, 0.25) is 0 Å². The Hall–Kier alpha value is -3.41. The maximum atomic E-state index is 13.0. The lowest BCUT2D eigenvalue weighted by Gasteiger charge is -2.35. The number of aryl methyl sites for hydroxylation is 1. The molecule has 0 bridgehead atoms. The molecular weight excluding hydrogens is 402 g/mol. The number of amides is 3. The second kappa shape index (κ2) is 10.3. The Bertz CT molecular complexity index is 1020. The highest BCUT2D eigenvalue weighted by molar-refractivity contribution is 6.03. The third-order valence-electron chi connectivity index (χ3n) is 5.56. The molecule has 1 saturated heterocycles. The van der Waals surface area contributed by atoms with Gasteiger partial charge in [-0.3, -0.25) is 14.4 Å². The highest BCUT2D eigenvalue weighted by atomic mass is 16.2. The van der Waals surface area contributed by atoms with Crippen molar-refractivity contribution in [1.82, 2.24) is 4.90 Å². The highest BCUT2D eigenvalue weighted by Gasteiger charge is 2.26. The summed E-state index contributed by atoms with van der Waals surface area (Å²) >= 11 is 0. The number of rotatable bonds is 5. The van der Waals surface area contributed by atoms with Crippen LogP contribution < -0.4 is 10.6 Å². The van der Waals surface area contributed by atoms with Gasteiger partial charge in [0, 0.05) is 43.0 Å². The summed E-state index contributed by atoms with van der Waals surface area (Å²) in [6, 6.07) is 12.6. The van der Waals surface area contributed by atoms with Crippen LogP contribution in [0.5, 0.6) is 0 Å². The molecule has 2 aromatic rings. The zero-order valence-electron chi connectivity index (χ0n) is 19.1. The summed E-state index contributed by atoms with van der Waals surface area (Å²) in [6.45, 7) is 9.24. The van der Waals surface area contributed by atoms with Crippen molar-refractivity contribution in [3.05, 3.63) is 65.2 Å². The molecule has 6 heteroatoms. The number of nitrogens with one attached hydrogen (secondary N) is 2. The van der Waals surface area contributed by atoms with Crippen LogP contribution in [-0.2, 0) is 9.59 Å². The van der Waals surface area contributed by atoms with Crippen LogP contribution in [0.25, 0.3) is 6.08 Å². The van der Waals surface area contributed by atoms with Crippen molar-refractivity contribution < 1.29 is 14.4 Å². The molecule has 1 aliphatic heterocycles. The van der Waals surface area contributed by atoms with E-state index in [1.165, 1.54) is 13.0 Å². The first-order valence-electron chi connectivity index (χ1n) is 11.0. The van der Waals surface area contributed by atoms with Crippen LogP contribution in [0, 0.1) is 18.8 Å². The fourth-order valence-electron chi connectivity index (χ4n) is 4.13. The van der Waals surface area contributed by atoms with Gasteiger partial charge in [0.05, 0.1) is 0 Å². The topological polar surface area (TPSA) is 78.5 Å². The normalized spacial score (nSPS) is 18.4. The maximum absolute atomic E-state index is 13.0. The molecule has 0 spiro atoms. The van der Waals surface area contributed by atoms with E-state index in [9.17, 15) is 14.4 Å². The molecule has 0 saturated carbocycles. The number of carbonyl (C=O) groups is 3. The van der Waals surface area contributed by atoms with Gasteiger partial charge in [0.25, 0.3) is 5.91 Å². The largest absolute Gasteiger partial charge is 0.338 e. The van der Waals surface area contributed by atoms with Crippen LogP contribution in [0.15, 0.2) is 48.5 Å². The van der Waals surface area contributed by atoms with Gasteiger partial charge in [-0.05, 0) is 66.6 Å². The Morgan fingerprint density at radius 1 is 0.969 bits per heavy atom. The third kappa shape index (κ3) is 6.30. The van der Waals surface area contributed by atoms with E-state index in [0.29, 0.717) is 28.8 Å². The molecule has 2 atom stereocenters. The van der Waals surface area contributed by atoms with Crippen molar-refractivity contribution in [2.24, 2.45) is 11.8 Å². The van der Waals surface area contributed by atoms with Crippen molar-refractivity contribution in [1.29, 1.82) is 0 Å². The number of benzene rings is 2. The first kappa shape index (κ1) is 23.3. The number of carbonyl (C=O) groups excluding carboxylic acids is 3. The average molecular weight is 434 g/mol. The third-order valence-corrected chi connectivity index (χ3v) is 5.56. The van der Waals surface area contributed by atoms with Gasteiger partial charge >= 0.3 is 0 Å². The van der Waals surface area contributed by atoms with Crippen LogP contribution in [0.1, 0.15) is 48.7 Å². The molecule has 2 N–H and O–H groups in total. The molecule has 1 heterocycles. The van der Waals surface area contributed by atoms with Gasteiger partial charge in [0.2, 0.25) is 11.8 Å². The van der Waals surface area contributed by atoms with Crippen molar-refractivity contribution in [2.75, 3.05) is 23.7 Å². The SMILES string of the molecule is CC(=O)Nc1ccc(C=CC(=O)Nc2cc(C(=O)N3CC(C)CC(C)C3)ccc2C)cc1. The van der Waals surface area contributed by atoms with Crippen LogP contribution >= 0.6 is 0 Å². The predicted molar refractivity (Wildman–Crippen MR) is 128 cm³/mol. The zero-order chi connectivity index (χ0) is 23.3. The molecule has 0 radical (unpaired) electrons. The fraction of sp³-hybridized carbons (Fsp3) is 0.346. The quantitative estimate of drug-likeness (QED) is 0.670. The first-order valence-corrected chi connectivity index (χ1v) is 11.0. The Morgan fingerprint density at radius 3 is 2.25 bits per heavy atom. The minimum Gasteiger partial charge on any atom is -0.338 e. The van der Waals surface area contributed by atoms with E-state index >= 15 is 0 Å². The summed E-state index contributed by atoms with van der Waals surface area (Å²) in [7, 11) is 0. The number of nitrogens with zero attached hydrogens (tertiary/aromatic N) is 1. The second-order valence-electron chi connectivity index (χ2n) is 8.81. The minimum absolute atomic E-state index is 0.00806. The summed E-state index contributed by atoms with van der Waals surface area (Å²) in [5.74, 6) is 0.583. The van der Waals surface area contributed by atoms with Gasteiger partial charge in [-0.15, -0.1) is 0 Å². The predicted octanol–water partition coefficient (Wildman–Crippen LogP) is 4.72. The monoisotopic (exact) mass is 433 g/mol. The number of hydrogen-bond acceptors (Lipinski definition) is 3. The summed E-state index contributed by atoms with van der Waals surface area (Å²) < 4.78 is 0. The highest BCUT2D eigenvalue weighted by Crippen LogP contribution is 2.24. The van der Waals surface area contributed by atoms with E-state index in [2.05, 4.69) is 24.5 Å². The van der Waals surface area contributed by atoms with E-state index < -0.39 is 0 Å². The molecular formula is C26H31N3O3. The Balaban J connectivity index is 1.66. The number of hydrogen-bond donors (Lipinski definition) is 2. The first-order chi connectivity index (χ1) is 15.2. The summed E-state index contributed by atoms with van der Waals surface area (Å²) in [6.07, 6.45) is 4.30. The van der Waals surface area contributed by atoms with Gasteiger partial charge in [-0.1, -0.05) is 32.0 Å². The summed E-state index contributed by atoms with van der Waals surface area (Å²) in [4.78, 5) is 38.5. The number of piperidine rings is 1. The molecule has 0 aliphatic carbocycles. The van der Waals surface area contributed by atoms with Gasteiger partial charge < -0.3 is 15.5 Å². The molecule has 6 nitrogen and oxygen atoms in total. The summed E-state index contributed by atoms with van der Waals surface area (Å²) in [5.41, 5.74) is 3.65. The van der Waals surface area contributed by atoms with Gasteiger partial charge in [0.15, 0.2) is 0 Å². The van der Waals surface area contributed by atoms with Crippen molar-refractivity contribution >= 4 is 35.2 Å². The molecule has 1 aliphatic rings. The van der Waals surface area contributed by atoms with Crippen molar-refractivity contribution in [3.8, 4) is 0 Å². The zero-order valence-corrected chi connectivity index (χ0v) is 19.1. The molecule has 168 valence electrons. The Morgan fingerprint density at radius 2 is 1.62 bits per heavy atom. The van der Waals surface area contributed by atoms with E-state index in [4.69, 9.17) is 0 Å². The lowest BCUT2D eigenvalue weighted by molar-refractivity contribution is -0.114. The smallest absolute Gasteiger partial charge is 0.253 e. The second-order valence-corrected chi connectivity index (χ2v) is 8.81. The molecule has 0 aromatic heterocycles. The molecule has 2 unspecified atom stereocenters. The standard InChI is InChI=1S/C26H31N3O3/c1-17-13-18(2)16-29(15-17)26(32)22-9-5-19(3)24(14-22)28-25(31)12-8-21-6-10-23(11-7-21)27-20(4)30/h5-12,14,17-18H,13,15-16H2,1-4H3,(H,27,30)(H,28,31). The van der Waals surface area contributed by atoms with Crippen molar-refractivity contribution in [2.45, 2.75) is 34.1 Å². The maximum Gasteiger partial charge on any atom is 0.253 e. The van der Waals surface area contributed by atoms with Crippen LogP contribution in [0.4, 0.5) is 11.4 Å². The Labute approximate surface area is 189 Å². The van der Waals surface area contributed by atoms with Gasteiger partial charge in [0.1, 0.15) is 0 Å². The van der Waals surface area contributed by atoms with Crippen molar-refractivity contribution in [3.63, 3.8) is 0 Å². The van der Waals surface area contributed by atoms with E-state index in [-0.39, 0.29) is 17.7 Å². The van der Waals surface area contributed by atoms with Gasteiger partial charge in [-0.2, -0.15) is 0 Å². The molecule has 3 rings (SSSR count). The van der Waals surface area contributed by atoms with E-state index in [1.54, 1.807) is 24.3 Å². The molecule has 3 amide bonds. The fourth-order valence-corrected chi connectivity index (χ4v) is 4.13. The molecule has 1 fully saturated rings. The summed E-state index contributed by atoms with van der Waals surface area (Å²) in [5, 5.41) is 5.59. The van der Waals surface area contributed by atoms with E-state index in [0.717, 1.165) is 30.6 Å². The lowest BCUT2D eigenvalue weighted by Crippen LogP contribution is -2.42. The van der Waals surface area contributed by atoms with Crippen LogP contribution in [-0.4, -0.2) is 35.7 Å².